The zero-order chi connectivity index (χ0) is 26.1. The number of aliphatic hydroxyl groups excluding tert-OH is 1. The number of piperidine rings is 1. The summed E-state index contributed by atoms with van der Waals surface area (Å²) in [5, 5.41) is 19.5. The van der Waals surface area contributed by atoms with E-state index in [4.69, 9.17) is 4.74 Å². The summed E-state index contributed by atoms with van der Waals surface area (Å²) in [6.07, 6.45) is 2.07. The van der Waals surface area contributed by atoms with Crippen LogP contribution in [0.1, 0.15) is 41.3 Å². The number of carbonyl (C=O) groups excluding carboxylic acids is 2. The van der Waals surface area contributed by atoms with Crippen LogP contribution in [0.25, 0.3) is 5.76 Å². The zero-order valence-electron chi connectivity index (χ0n) is 21.2. The maximum absolute atomic E-state index is 13.3. The van der Waals surface area contributed by atoms with Crippen molar-refractivity contribution in [3.8, 4) is 5.75 Å². The molecule has 2 aliphatic heterocycles. The van der Waals surface area contributed by atoms with Gasteiger partial charge in [-0.25, -0.2) is 0 Å². The monoisotopic (exact) mass is 498 g/mol. The molecule has 0 aliphatic carbocycles. The highest BCUT2D eigenvalue weighted by Gasteiger charge is 2.47. The highest BCUT2D eigenvalue weighted by atomic mass is 16.5. The van der Waals surface area contributed by atoms with Gasteiger partial charge in [-0.1, -0.05) is 42.0 Å². The number of hydrogen-bond donors (Lipinski definition) is 1. The lowest BCUT2D eigenvalue weighted by atomic mass is 9.95. The standard InChI is InChI=1S/C29H30N4O4/c1-18-4-7-21(8-5-18)27(34)25-26(33(29(36)28(25)35)24-13-6-19(2)30-31-24)20-9-11-22(12-10-20)37-23-14-16-32(3)17-15-23/h4-13,23,26,34H,14-17H2,1-3H3/b27-25+. The van der Waals surface area contributed by atoms with Gasteiger partial charge in [0.2, 0.25) is 0 Å². The molecule has 0 bridgehead atoms. The number of aromatic nitrogens is 2. The van der Waals surface area contributed by atoms with Crippen molar-refractivity contribution >= 4 is 23.3 Å². The van der Waals surface area contributed by atoms with Gasteiger partial charge in [-0.05, 0) is 63.6 Å². The lowest BCUT2D eigenvalue weighted by Gasteiger charge is -2.29. The third kappa shape index (κ3) is 4.97. The molecule has 1 N–H and O–H groups in total. The lowest BCUT2D eigenvalue weighted by Crippen LogP contribution is -2.35. The molecular weight excluding hydrogens is 468 g/mol. The van der Waals surface area contributed by atoms with E-state index in [1.54, 1.807) is 31.2 Å². The third-order valence-electron chi connectivity index (χ3n) is 6.96. The van der Waals surface area contributed by atoms with Crippen molar-refractivity contribution in [3.63, 3.8) is 0 Å². The quantitative estimate of drug-likeness (QED) is 0.320. The first-order valence-corrected chi connectivity index (χ1v) is 12.5. The molecule has 37 heavy (non-hydrogen) atoms. The van der Waals surface area contributed by atoms with Gasteiger partial charge in [0.1, 0.15) is 17.6 Å². The van der Waals surface area contributed by atoms with Gasteiger partial charge >= 0.3 is 5.91 Å². The second-order valence-electron chi connectivity index (χ2n) is 9.76. The van der Waals surface area contributed by atoms with E-state index in [2.05, 4.69) is 22.1 Å². The van der Waals surface area contributed by atoms with Crippen LogP contribution in [0.3, 0.4) is 0 Å². The molecule has 2 fully saturated rings. The van der Waals surface area contributed by atoms with E-state index in [-0.39, 0.29) is 23.3 Å². The van der Waals surface area contributed by atoms with Gasteiger partial charge in [0.15, 0.2) is 5.82 Å². The van der Waals surface area contributed by atoms with Crippen LogP contribution in [-0.4, -0.2) is 58.1 Å². The van der Waals surface area contributed by atoms with Crippen LogP contribution in [0.4, 0.5) is 5.82 Å². The Hall–Kier alpha value is -4.04. The molecule has 2 aliphatic rings. The summed E-state index contributed by atoms with van der Waals surface area (Å²) in [7, 11) is 2.11. The summed E-state index contributed by atoms with van der Waals surface area (Å²) in [5.41, 5.74) is 2.84. The molecule has 0 spiro atoms. The van der Waals surface area contributed by atoms with Gasteiger partial charge in [-0.3, -0.25) is 14.5 Å². The average Bonchev–Trinajstić information content (AvgIpc) is 3.16. The Morgan fingerprint density at radius 2 is 1.59 bits per heavy atom. The lowest BCUT2D eigenvalue weighted by molar-refractivity contribution is -0.132. The van der Waals surface area contributed by atoms with E-state index in [1.807, 2.05) is 43.3 Å². The maximum atomic E-state index is 13.3. The Morgan fingerprint density at radius 3 is 2.22 bits per heavy atom. The van der Waals surface area contributed by atoms with Gasteiger partial charge in [0.25, 0.3) is 5.78 Å². The van der Waals surface area contributed by atoms with Crippen LogP contribution < -0.4 is 9.64 Å². The van der Waals surface area contributed by atoms with Crippen LogP contribution in [-0.2, 0) is 9.59 Å². The second-order valence-corrected chi connectivity index (χ2v) is 9.76. The number of rotatable bonds is 5. The number of amides is 1. The highest BCUT2D eigenvalue weighted by Crippen LogP contribution is 2.42. The molecule has 8 heteroatoms. The fourth-order valence-electron chi connectivity index (χ4n) is 4.80. The fourth-order valence-corrected chi connectivity index (χ4v) is 4.80. The number of ketones is 1. The van der Waals surface area contributed by atoms with E-state index >= 15 is 0 Å². The van der Waals surface area contributed by atoms with Crippen LogP contribution in [0.15, 0.2) is 66.2 Å². The van der Waals surface area contributed by atoms with Crippen molar-refractivity contribution in [3.05, 3.63) is 88.6 Å². The Balaban J connectivity index is 1.54. The number of Topliss-reactive ketones (excluding diaryl/α,β-unsaturated/α-hetero) is 1. The summed E-state index contributed by atoms with van der Waals surface area (Å²) < 4.78 is 6.19. The number of likely N-dealkylation sites (tertiary alicyclic amines) is 1. The maximum Gasteiger partial charge on any atom is 0.301 e. The van der Waals surface area contributed by atoms with E-state index in [9.17, 15) is 14.7 Å². The Labute approximate surface area is 216 Å². The smallest absolute Gasteiger partial charge is 0.301 e. The fraction of sp³-hybridized carbons (Fsp3) is 0.310. The first kappa shape index (κ1) is 24.6. The normalized spacial score (nSPS) is 20.4. The molecule has 3 aromatic rings. The van der Waals surface area contributed by atoms with Crippen molar-refractivity contribution < 1.29 is 19.4 Å². The molecule has 8 nitrogen and oxygen atoms in total. The molecular formula is C29H30N4O4. The molecule has 190 valence electrons. The molecule has 3 heterocycles. The van der Waals surface area contributed by atoms with E-state index in [0.717, 1.165) is 37.2 Å². The minimum atomic E-state index is -0.865. The SMILES string of the molecule is Cc1ccc(/C(O)=C2\C(=O)C(=O)N(c3ccc(C)nn3)C2c2ccc(OC3CCN(C)CC3)cc2)cc1. The number of aryl methyl sites for hydroxylation is 2. The summed E-state index contributed by atoms with van der Waals surface area (Å²) in [5.74, 6) is -0.783. The molecule has 1 atom stereocenters. The van der Waals surface area contributed by atoms with Crippen molar-refractivity contribution in [1.29, 1.82) is 0 Å². The predicted octanol–water partition coefficient (Wildman–Crippen LogP) is 4.19. The van der Waals surface area contributed by atoms with Crippen LogP contribution in [0.5, 0.6) is 5.75 Å². The summed E-state index contributed by atoms with van der Waals surface area (Å²) >= 11 is 0. The van der Waals surface area contributed by atoms with Crippen molar-refractivity contribution in [2.24, 2.45) is 0 Å². The summed E-state index contributed by atoms with van der Waals surface area (Å²) in [4.78, 5) is 30.1. The van der Waals surface area contributed by atoms with Crippen molar-refractivity contribution in [2.45, 2.75) is 38.8 Å². The molecule has 5 rings (SSSR count). The van der Waals surface area contributed by atoms with Crippen LogP contribution in [0, 0.1) is 13.8 Å². The minimum absolute atomic E-state index is 0.0141. The minimum Gasteiger partial charge on any atom is -0.507 e. The molecule has 0 saturated carbocycles. The Bertz CT molecular complexity index is 1330. The number of nitrogens with zero attached hydrogens (tertiary/aromatic N) is 4. The molecule has 1 aromatic heterocycles. The molecule has 1 unspecified atom stereocenters. The Kier molecular flexibility index (Phi) is 6.76. The number of aliphatic hydroxyl groups is 1. The van der Waals surface area contributed by atoms with E-state index in [1.165, 1.54) is 4.90 Å². The van der Waals surface area contributed by atoms with Gasteiger partial charge in [-0.2, -0.15) is 5.10 Å². The largest absolute Gasteiger partial charge is 0.507 e. The molecule has 1 amide bonds. The topological polar surface area (TPSA) is 95.9 Å². The second kappa shape index (κ2) is 10.1. The average molecular weight is 499 g/mol. The van der Waals surface area contributed by atoms with E-state index in [0.29, 0.717) is 16.8 Å². The van der Waals surface area contributed by atoms with Gasteiger partial charge in [0.05, 0.1) is 17.3 Å². The number of benzene rings is 2. The first-order valence-electron chi connectivity index (χ1n) is 12.5. The highest BCUT2D eigenvalue weighted by molar-refractivity contribution is 6.51. The molecule has 0 radical (unpaired) electrons. The number of hydrogen-bond acceptors (Lipinski definition) is 7. The summed E-state index contributed by atoms with van der Waals surface area (Å²) in [6, 6.07) is 17.0. The van der Waals surface area contributed by atoms with E-state index < -0.39 is 17.7 Å². The Morgan fingerprint density at radius 1 is 0.919 bits per heavy atom. The number of ether oxygens (including phenoxy) is 1. The first-order chi connectivity index (χ1) is 17.8. The summed E-state index contributed by atoms with van der Waals surface area (Å²) in [6.45, 7) is 5.72. The third-order valence-corrected chi connectivity index (χ3v) is 6.96. The molecule has 2 aromatic carbocycles. The zero-order valence-corrected chi connectivity index (χ0v) is 21.2. The number of anilines is 1. The van der Waals surface area contributed by atoms with Gasteiger partial charge < -0.3 is 14.7 Å². The van der Waals surface area contributed by atoms with Crippen molar-refractivity contribution in [2.75, 3.05) is 25.0 Å². The van der Waals surface area contributed by atoms with Crippen molar-refractivity contribution in [1.82, 2.24) is 15.1 Å². The van der Waals surface area contributed by atoms with Gasteiger partial charge in [0, 0.05) is 18.7 Å². The van der Waals surface area contributed by atoms with Crippen LogP contribution >= 0.6 is 0 Å². The van der Waals surface area contributed by atoms with Crippen LogP contribution in [0.2, 0.25) is 0 Å². The molecule has 2 saturated heterocycles. The predicted molar refractivity (Wildman–Crippen MR) is 140 cm³/mol. The number of carbonyl (C=O) groups is 2. The van der Waals surface area contributed by atoms with Gasteiger partial charge in [-0.15, -0.1) is 5.10 Å².